The van der Waals surface area contributed by atoms with E-state index in [0.717, 1.165) is 23.8 Å². The summed E-state index contributed by atoms with van der Waals surface area (Å²) in [6, 6.07) is 3.97. The van der Waals surface area contributed by atoms with Gasteiger partial charge in [-0.15, -0.1) is 23.7 Å². The average molecular weight is 244 g/mol. The molecule has 0 unspecified atom stereocenters. The number of halogens is 1. The van der Waals surface area contributed by atoms with Crippen LogP contribution in [0.4, 0.5) is 0 Å². The maximum atomic E-state index is 5.19. The third-order valence-electron chi connectivity index (χ3n) is 2.32. The SMILES string of the molecule is Cl.c1csc(-c2nc(C3CNC3)no2)c1. The van der Waals surface area contributed by atoms with Gasteiger partial charge < -0.3 is 9.84 Å². The van der Waals surface area contributed by atoms with Crippen molar-refractivity contribution in [2.45, 2.75) is 5.92 Å². The molecule has 3 heterocycles. The molecule has 0 aliphatic carbocycles. The fraction of sp³-hybridized carbons (Fsp3) is 0.333. The molecule has 1 saturated heterocycles. The van der Waals surface area contributed by atoms with Gasteiger partial charge in [0, 0.05) is 19.0 Å². The third kappa shape index (κ3) is 1.90. The minimum Gasteiger partial charge on any atom is -0.333 e. The van der Waals surface area contributed by atoms with E-state index in [1.54, 1.807) is 11.3 Å². The lowest BCUT2D eigenvalue weighted by Gasteiger charge is -2.23. The Labute approximate surface area is 97.1 Å². The fourth-order valence-electron chi connectivity index (χ4n) is 1.37. The maximum absolute atomic E-state index is 5.19. The lowest BCUT2D eigenvalue weighted by atomic mass is 10.0. The van der Waals surface area contributed by atoms with Crippen LogP contribution in [0.1, 0.15) is 11.7 Å². The molecule has 0 amide bonds. The van der Waals surface area contributed by atoms with Crippen molar-refractivity contribution in [3.63, 3.8) is 0 Å². The van der Waals surface area contributed by atoms with E-state index < -0.39 is 0 Å². The molecule has 0 radical (unpaired) electrons. The van der Waals surface area contributed by atoms with Crippen LogP contribution >= 0.6 is 23.7 Å². The van der Waals surface area contributed by atoms with Gasteiger partial charge in [-0.1, -0.05) is 11.2 Å². The van der Waals surface area contributed by atoms with Crippen LogP contribution in [0.2, 0.25) is 0 Å². The van der Waals surface area contributed by atoms with Gasteiger partial charge in [-0.25, -0.2) is 0 Å². The molecule has 0 aromatic carbocycles. The van der Waals surface area contributed by atoms with E-state index >= 15 is 0 Å². The highest BCUT2D eigenvalue weighted by Crippen LogP contribution is 2.25. The molecule has 0 atom stereocenters. The highest BCUT2D eigenvalue weighted by Gasteiger charge is 2.24. The predicted molar refractivity (Wildman–Crippen MR) is 60.5 cm³/mol. The first-order valence-electron chi connectivity index (χ1n) is 4.51. The number of rotatable bonds is 2. The van der Waals surface area contributed by atoms with E-state index in [2.05, 4.69) is 15.5 Å². The van der Waals surface area contributed by atoms with E-state index in [-0.39, 0.29) is 12.4 Å². The summed E-state index contributed by atoms with van der Waals surface area (Å²) >= 11 is 1.61. The Morgan fingerprint density at radius 2 is 2.33 bits per heavy atom. The van der Waals surface area contributed by atoms with Gasteiger partial charge >= 0.3 is 0 Å². The Morgan fingerprint density at radius 3 is 2.93 bits per heavy atom. The topological polar surface area (TPSA) is 51.0 Å². The molecule has 80 valence electrons. The second-order valence-corrected chi connectivity index (χ2v) is 4.24. The summed E-state index contributed by atoms with van der Waals surface area (Å²) in [5, 5.41) is 9.16. The Balaban J connectivity index is 0.000000853. The summed E-state index contributed by atoms with van der Waals surface area (Å²) in [5.74, 6) is 1.90. The van der Waals surface area contributed by atoms with E-state index in [9.17, 15) is 0 Å². The van der Waals surface area contributed by atoms with Gasteiger partial charge in [0.2, 0.25) is 0 Å². The molecule has 4 nitrogen and oxygen atoms in total. The standard InChI is InChI=1S/C9H9N3OS.ClH/c1-2-7(14-3-1)9-11-8(12-13-9)6-4-10-5-6;/h1-3,6,10H,4-5H2;1H. The van der Waals surface area contributed by atoms with Crippen molar-refractivity contribution in [1.82, 2.24) is 15.5 Å². The van der Waals surface area contributed by atoms with E-state index in [0.29, 0.717) is 11.8 Å². The number of aromatic nitrogens is 2. The summed E-state index contributed by atoms with van der Waals surface area (Å²) in [7, 11) is 0. The van der Waals surface area contributed by atoms with Gasteiger partial charge in [0.15, 0.2) is 5.82 Å². The van der Waals surface area contributed by atoms with Crippen molar-refractivity contribution in [1.29, 1.82) is 0 Å². The quantitative estimate of drug-likeness (QED) is 0.876. The Hall–Kier alpha value is -0.910. The summed E-state index contributed by atoms with van der Waals surface area (Å²) in [6.45, 7) is 1.92. The smallest absolute Gasteiger partial charge is 0.267 e. The molecule has 1 N–H and O–H groups in total. The van der Waals surface area contributed by atoms with Crippen LogP contribution in [0, 0.1) is 0 Å². The molecule has 1 aliphatic heterocycles. The second-order valence-electron chi connectivity index (χ2n) is 3.29. The van der Waals surface area contributed by atoms with Crippen molar-refractivity contribution in [2.75, 3.05) is 13.1 Å². The summed E-state index contributed by atoms with van der Waals surface area (Å²) in [4.78, 5) is 5.41. The highest BCUT2D eigenvalue weighted by molar-refractivity contribution is 7.13. The molecule has 2 aromatic heterocycles. The number of thiophene rings is 1. The minimum absolute atomic E-state index is 0. The van der Waals surface area contributed by atoms with Crippen molar-refractivity contribution in [2.24, 2.45) is 0 Å². The Morgan fingerprint density at radius 1 is 1.47 bits per heavy atom. The number of hydrogen-bond donors (Lipinski definition) is 1. The van der Waals surface area contributed by atoms with E-state index in [4.69, 9.17) is 4.52 Å². The lowest BCUT2D eigenvalue weighted by Crippen LogP contribution is -2.40. The van der Waals surface area contributed by atoms with Gasteiger partial charge in [-0.05, 0) is 11.4 Å². The molecule has 0 spiro atoms. The van der Waals surface area contributed by atoms with Gasteiger partial charge in [0.1, 0.15) is 0 Å². The average Bonchev–Trinajstić information content (AvgIpc) is 2.65. The molecule has 6 heteroatoms. The van der Waals surface area contributed by atoms with Crippen LogP contribution in [0.25, 0.3) is 10.8 Å². The van der Waals surface area contributed by atoms with Gasteiger partial charge in [0.05, 0.1) is 4.88 Å². The molecule has 3 rings (SSSR count). The monoisotopic (exact) mass is 243 g/mol. The zero-order valence-electron chi connectivity index (χ0n) is 7.84. The number of hydrogen-bond acceptors (Lipinski definition) is 5. The zero-order valence-corrected chi connectivity index (χ0v) is 9.48. The van der Waals surface area contributed by atoms with Crippen molar-refractivity contribution in [3.8, 4) is 10.8 Å². The van der Waals surface area contributed by atoms with Crippen LogP contribution in [-0.4, -0.2) is 23.2 Å². The summed E-state index contributed by atoms with van der Waals surface area (Å²) < 4.78 is 5.19. The predicted octanol–water partition coefficient (Wildman–Crippen LogP) is 1.91. The fourth-order valence-corrected chi connectivity index (χ4v) is 2.02. The summed E-state index contributed by atoms with van der Waals surface area (Å²) in [5.41, 5.74) is 0. The van der Waals surface area contributed by atoms with Crippen LogP contribution < -0.4 is 5.32 Å². The van der Waals surface area contributed by atoms with Crippen molar-refractivity contribution < 1.29 is 4.52 Å². The van der Waals surface area contributed by atoms with Crippen LogP contribution in [0.3, 0.4) is 0 Å². The summed E-state index contributed by atoms with van der Waals surface area (Å²) in [6.07, 6.45) is 0. The number of nitrogens with zero attached hydrogens (tertiary/aromatic N) is 2. The third-order valence-corrected chi connectivity index (χ3v) is 3.18. The molecule has 0 saturated carbocycles. The molecule has 15 heavy (non-hydrogen) atoms. The minimum atomic E-state index is 0. The van der Waals surface area contributed by atoms with E-state index in [1.807, 2.05) is 17.5 Å². The first kappa shape index (κ1) is 10.6. The van der Waals surface area contributed by atoms with Crippen LogP contribution in [0.15, 0.2) is 22.0 Å². The Kier molecular flexibility index (Phi) is 3.04. The lowest BCUT2D eigenvalue weighted by molar-refractivity contribution is 0.383. The van der Waals surface area contributed by atoms with Crippen molar-refractivity contribution >= 4 is 23.7 Å². The largest absolute Gasteiger partial charge is 0.333 e. The van der Waals surface area contributed by atoms with Gasteiger partial charge in [0.25, 0.3) is 5.89 Å². The molecule has 1 fully saturated rings. The maximum Gasteiger partial charge on any atom is 0.267 e. The number of nitrogens with one attached hydrogen (secondary N) is 1. The van der Waals surface area contributed by atoms with E-state index in [1.165, 1.54) is 0 Å². The van der Waals surface area contributed by atoms with Gasteiger partial charge in [-0.2, -0.15) is 4.98 Å². The molecule has 0 bridgehead atoms. The van der Waals surface area contributed by atoms with Crippen LogP contribution in [-0.2, 0) is 0 Å². The molecule has 1 aliphatic rings. The molecule has 2 aromatic rings. The van der Waals surface area contributed by atoms with Crippen molar-refractivity contribution in [3.05, 3.63) is 23.3 Å². The Bertz CT molecular complexity index is 424. The van der Waals surface area contributed by atoms with Gasteiger partial charge in [-0.3, -0.25) is 0 Å². The molecular formula is C9H10ClN3OS. The normalized spacial score (nSPS) is 15.7. The zero-order chi connectivity index (χ0) is 9.38. The first-order chi connectivity index (χ1) is 6.93. The molecular weight excluding hydrogens is 234 g/mol. The van der Waals surface area contributed by atoms with Crippen LogP contribution in [0.5, 0.6) is 0 Å². The highest BCUT2D eigenvalue weighted by atomic mass is 35.5. The first-order valence-corrected chi connectivity index (χ1v) is 5.39. The second kappa shape index (κ2) is 4.30.